The van der Waals surface area contributed by atoms with Crippen LogP contribution in [0.5, 0.6) is 11.5 Å². The van der Waals surface area contributed by atoms with Crippen LogP contribution in [0.2, 0.25) is 0 Å². The van der Waals surface area contributed by atoms with Gasteiger partial charge in [0, 0.05) is 12.5 Å². The molecule has 0 radical (unpaired) electrons. The van der Waals surface area contributed by atoms with Gasteiger partial charge in [-0.2, -0.15) is 0 Å². The van der Waals surface area contributed by atoms with Gasteiger partial charge in [0.1, 0.15) is 17.5 Å². The Labute approximate surface area is 218 Å². The minimum absolute atomic E-state index is 0.108. The summed E-state index contributed by atoms with van der Waals surface area (Å²) in [5.74, 6) is 0.0659. The highest BCUT2D eigenvalue weighted by Gasteiger charge is 2.35. The summed E-state index contributed by atoms with van der Waals surface area (Å²) in [6.07, 6.45) is 1.64. The van der Waals surface area contributed by atoms with E-state index in [-0.39, 0.29) is 18.3 Å². The number of rotatable bonds is 7. The van der Waals surface area contributed by atoms with Crippen molar-refractivity contribution < 1.29 is 23.8 Å². The summed E-state index contributed by atoms with van der Waals surface area (Å²) >= 11 is 1.24. The van der Waals surface area contributed by atoms with Crippen molar-refractivity contribution in [3.05, 3.63) is 90.6 Å². The van der Waals surface area contributed by atoms with Gasteiger partial charge in [0.2, 0.25) is 0 Å². The first kappa shape index (κ1) is 26.1. The zero-order chi connectivity index (χ0) is 26.7. The molecule has 0 spiro atoms. The quantitative estimate of drug-likeness (QED) is 0.350. The SMILES string of the molecule is CCOC(=O)C1=C(C)N=c2s/c(=C\c3ccc(OC(C)=O)cc3)c(=O)n2[C@H]1c1ccccc1OC(C)C. The summed E-state index contributed by atoms with van der Waals surface area (Å²) in [7, 11) is 0. The predicted octanol–water partition coefficient (Wildman–Crippen LogP) is 3.51. The van der Waals surface area contributed by atoms with Gasteiger partial charge in [-0.05, 0) is 57.5 Å². The number of ether oxygens (including phenoxy) is 3. The molecule has 9 heteroatoms. The number of hydrogen-bond donors (Lipinski definition) is 0. The Morgan fingerprint density at radius 1 is 1.14 bits per heavy atom. The molecule has 1 atom stereocenters. The molecule has 0 bridgehead atoms. The molecule has 1 aliphatic heterocycles. The monoisotopic (exact) mass is 520 g/mol. The number of benzene rings is 2. The van der Waals surface area contributed by atoms with Crippen LogP contribution in [0.3, 0.4) is 0 Å². The third-order valence-electron chi connectivity index (χ3n) is 5.53. The molecule has 8 nitrogen and oxygen atoms in total. The number of para-hydroxylation sites is 1. The van der Waals surface area contributed by atoms with Gasteiger partial charge in [0.25, 0.3) is 5.56 Å². The zero-order valence-electron chi connectivity index (χ0n) is 21.3. The van der Waals surface area contributed by atoms with E-state index in [1.165, 1.54) is 22.8 Å². The van der Waals surface area contributed by atoms with Crippen molar-refractivity contribution in [3.8, 4) is 11.5 Å². The molecule has 0 aliphatic carbocycles. The van der Waals surface area contributed by atoms with Crippen LogP contribution in [0.25, 0.3) is 6.08 Å². The van der Waals surface area contributed by atoms with Crippen molar-refractivity contribution in [1.82, 2.24) is 4.57 Å². The number of aromatic nitrogens is 1. The van der Waals surface area contributed by atoms with Gasteiger partial charge in [-0.15, -0.1) is 0 Å². The summed E-state index contributed by atoms with van der Waals surface area (Å²) in [5, 5.41) is 0. The van der Waals surface area contributed by atoms with Gasteiger partial charge in [-0.25, -0.2) is 9.79 Å². The van der Waals surface area contributed by atoms with E-state index >= 15 is 0 Å². The molecule has 0 unspecified atom stereocenters. The number of fused-ring (bicyclic) bond motifs is 1. The summed E-state index contributed by atoms with van der Waals surface area (Å²) < 4.78 is 18.5. The largest absolute Gasteiger partial charge is 0.491 e. The minimum Gasteiger partial charge on any atom is -0.491 e. The molecule has 1 aromatic heterocycles. The van der Waals surface area contributed by atoms with Gasteiger partial charge in [0.05, 0.1) is 28.5 Å². The molecule has 0 N–H and O–H groups in total. The van der Waals surface area contributed by atoms with Gasteiger partial charge < -0.3 is 14.2 Å². The Morgan fingerprint density at radius 2 is 1.84 bits per heavy atom. The van der Waals surface area contributed by atoms with Crippen molar-refractivity contribution in [2.24, 2.45) is 4.99 Å². The van der Waals surface area contributed by atoms with Crippen LogP contribution in [0.1, 0.15) is 51.8 Å². The molecule has 0 saturated heterocycles. The summed E-state index contributed by atoms with van der Waals surface area (Å²) in [4.78, 5) is 43.2. The smallest absolute Gasteiger partial charge is 0.338 e. The van der Waals surface area contributed by atoms with Gasteiger partial charge in [-0.1, -0.05) is 41.7 Å². The Balaban J connectivity index is 1.90. The molecule has 0 fully saturated rings. The first-order chi connectivity index (χ1) is 17.7. The average Bonchev–Trinajstić information content (AvgIpc) is 3.13. The maximum Gasteiger partial charge on any atom is 0.338 e. The van der Waals surface area contributed by atoms with Gasteiger partial charge in [0.15, 0.2) is 4.80 Å². The number of esters is 2. The first-order valence-electron chi connectivity index (χ1n) is 11.9. The van der Waals surface area contributed by atoms with E-state index in [2.05, 4.69) is 4.99 Å². The van der Waals surface area contributed by atoms with Crippen LogP contribution in [-0.2, 0) is 14.3 Å². The second-order valence-corrected chi connectivity index (χ2v) is 9.68. The summed E-state index contributed by atoms with van der Waals surface area (Å²) in [5.41, 5.74) is 1.92. The molecule has 1 aliphatic rings. The molecule has 4 rings (SSSR count). The minimum atomic E-state index is -0.765. The van der Waals surface area contributed by atoms with E-state index < -0.39 is 18.0 Å². The lowest BCUT2D eigenvalue weighted by molar-refractivity contribution is -0.139. The normalized spacial score (nSPS) is 15.3. The van der Waals surface area contributed by atoms with Crippen molar-refractivity contribution >= 4 is 29.4 Å². The third-order valence-corrected chi connectivity index (χ3v) is 6.52. The number of allylic oxidation sites excluding steroid dienone is 1. The highest BCUT2D eigenvalue weighted by Crippen LogP contribution is 2.36. The van der Waals surface area contributed by atoms with Crippen LogP contribution in [0, 0.1) is 0 Å². The Kier molecular flexibility index (Phi) is 7.73. The van der Waals surface area contributed by atoms with Crippen LogP contribution < -0.4 is 24.4 Å². The number of thiazole rings is 1. The van der Waals surface area contributed by atoms with E-state index in [0.29, 0.717) is 37.7 Å². The summed E-state index contributed by atoms with van der Waals surface area (Å²) in [6, 6.07) is 13.5. The van der Waals surface area contributed by atoms with Crippen molar-refractivity contribution in [3.63, 3.8) is 0 Å². The molecular weight excluding hydrogens is 492 g/mol. The Hall–Kier alpha value is -3.98. The standard InChI is InChI=1S/C28H28N2O6S/c1-6-34-27(33)24-17(4)29-28-30(25(24)21-9-7-8-10-22(21)35-16(2)3)26(32)23(37-28)15-19-11-13-20(14-12-19)36-18(5)31/h7-16,25H,6H2,1-5H3/b23-15-/t25-/m0/s1. The second-order valence-electron chi connectivity index (χ2n) is 8.67. The predicted molar refractivity (Wildman–Crippen MR) is 140 cm³/mol. The van der Waals surface area contributed by atoms with Crippen LogP contribution in [0.4, 0.5) is 0 Å². The van der Waals surface area contributed by atoms with Gasteiger partial charge in [-0.3, -0.25) is 14.2 Å². The van der Waals surface area contributed by atoms with Crippen molar-refractivity contribution in [1.29, 1.82) is 0 Å². The lowest BCUT2D eigenvalue weighted by Gasteiger charge is -2.26. The first-order valence-corrected chi connectivity index (χ1v) is 12.7. The lowest BCUT2D eigenvalue weighted by Crippen LogP contribution is -2.40. The molecule has 3 aromatic rings. The number of carbonyl (C=O) groups excluding carboxylic acids is 2. The molecule has 192 valence electrons. The second kappa shape index (κ2) is 11.0. The van der Waals surface area contributed by atoms with Gasteiger partial charge >= 0.3 is 11.9 Å². The third kappa shape index (κ3) is 5.56. The Bertz CT molecular complexity index is 1550. The summed E-state index contributed by atoms with van der Waals surface area (Å²) in [6.45, 7) is 8.85. The van der Waals surface area contributed by atoms with Crippen LogP contribution in [-0.4, -0.2) is 29.2 Å². The average molecular weight is 521 g/mol. The fourth-order valence-electron chi connectivity index (χ4n) is 4.10. The molecule has 2 aromatic carbocycles. The zero-order valence-corrected chi connectivity index (χ0v) is 22.1. The van der Waals surface area contributed by atoms with E-state index in [4.69, 9.17) is 14.2 Å². The maximum atomic E-state index is 13.8. The number of carbonyl (C=O) groups is 2. The van der Waals surface area contributed by atoms with Crippen molar-refractivity contribution in [2.45, 2.75) is 46.8 Å². The molecular formula is C28H28N2O6S. The maximum absolute atomic E-state index is 13.8. The Morgan fingerprint density at radius 3 is 2.49 bits per heavy atom. The highest BCUT2D eigenvalue weighted by atomic mass is 32.1. The number of nitrogens with zero attached hydrogens (tertiary/aromatic N) is 2. The van der Waals surface area contributed by atoms with E-state index in [1.807, 2.05) is 38.1 Å². The number of hydrogen-bond acceptors (Lipinski definition) is 8. The molecule has 2 heterocycles. The van der Waals surface area contributed by atoms with Crippen LogP contribution >= 0.6 is 11.3 Å². The fourth-order valence-corrected chi connectivity index (χ4v) is 5.15. The van der Waals surface area contributed by atoms with E-state index in [1.54, 1.807) is 44.2 Å². The lowest BCUT2D eigenvalue weighted by atomic mass is 9.95. The van der Waals surface area contributed by atoms with Crippen LogP contribution in [0.15, 0.2) is 69.6 Å². The fraction of sp³-hybridized carbons (Fsp3) is 0.286. The highest BCUT2D eigenvalue weighted by molar-refractivity contribution is 7.07. The molecule has 37 heavy (non-hydrogen) atoms. The molecule has 0 saturated carbocycles. The van der Waals surface area contributed by atoms with E-state index in [0.717, 1.165) is 5.56 Å². The molecule has 0 amide bonds. The van der Waals surface area contributed by atoms with E-state index in [9.17, 15) is 14.4 Å². The van der Waals surface area contributed by atoms with Crippen molar-refractivity contribution in [2.75, 3.05) is 6.61 Å². The topological polar surface area (TPSA) is 96.2 Å².